The van der Waals surface area contributed by atoms with Crippen molar-refractivity contribution in [2.24, 2.45) is 29.2 Å². The normalized spacial score (nSPS) is 35.8. The molecule has 0 aromatic carbocycles. The minimum Gasteiger partial charge on any atom is -0.330 e. The van der Waals surface area contributed by atoms with E-state index in [0.29, 0.717) is 0 Å². The molecule has 1 fully saturated rings. The minimum atomic E-state index is 0.784. The van der Waals surface area contributed by atoms with E-state index >= 15 is 0 Å². The van der Waals surface area contributed by atoms with Crippen molar-refractivity contribution in [3.63, 3.8) is 0 Å². The van der Waals surface area contributed by atoms with Gasteiger partial charge in [-0.3, -0.25) is 0 Å². The van der Waals surface area contributed by atoms with Crippen molar-refractivity contribution in [1.82, 2.24) is 0 Å². The zero-order valence-electron chi connectivity index (χ0n) is 8.13. The van der Waals surface area contributed by atoms with Gasteiger partial charge in [0.2, 0.25) is 0 Å². The molecular weight excluding hydrogens is 148 g/mol. The Kier molecular flexibility index (Phi) is 4.02. The largest absolute Gasteiger partial charge is 0.330 e. The average Bonchev–Trinajstić information content (AvgIpc) is 2.42. The molecule has 1 rings (SSSR count). The topological polar surface area (TPSA) is 52.0 Å². The van der Waals surface area contributed by atoms with Gasteiger partial charge in [-0.15, -0.1) is 0 Å². The van der Waals surface area contributed by atoms with E-state index in [-0.39, 0.29) is 0 Å². The van der Waals surface area contributed by atoms with Crippen LogP contribution in [-0.2, 0) is 0 Å². The predicted molar refractivity (Wildman–Crippen MR) is 52.7 cm³/mol. The van der Waals surface area contributed by atoms with Crippen LogP contribution in [0.1, 0.15) is 32.6 Å². The van der Waals surface area contributed by atoms with Crippen molar-refractivity contribution in [2.45, 2.75) is 32.6 Å². The third kappa shape index (κ3) is 2.46. The third-order valence-corrected chi connectivity index (χ3v) is 3.16. The number of rotatable bonds is 4. The quantitative estimate of drug-likeness (QED) is 0.669. The zero-order valence-corrected chi connectivity index (χ0v) is 8.13. The molecule has 0 bridgehead atoms. The molecule has 1 aliphatic rings. The maximum Gasteiger partial charge on any atom is -0.00461 e. The molecule has 2 nitrogen and oxygen atoms in total. The van der Waals surface area contributed by atoms with Gasteiger partial charge in [0.1, 0.15) is 0 Å². The summed E-state index contributed by atoms with van der Waals surface area (Å²) < 4.78 is 0. The van der Waals surface area contributed by atoms with Crippen molar-refractivity contribution >= 4 is 0 Å². The summed E-state index contributed by atoms with van der Waals surface area (Å²) in [6, 6.07) is 0. The van der Waals surface area contributed by atoms with Gasteiger partial charge in [0.05, 0.1) is 0 Å². The maximum absolute atomic E-state index is 5.73. The lowest BCUT2D eigenvalue weighted by Gasteiger charge is -2.16. The lowest BCUT2D eigenvalue weighted by Crippen LogP contribution is -2.19. The summed E-state index contributed by atoms with van der Waals surface area (Å²) in [5.74, 6) is 2.54. The van der Waals surface area contributed by atoms with E-state index in [1.807, 2.05) is 0 Å². The molecule has 0 saturated heterocycles. The second-order valence-electron chi connectivity index (χ2n) is 4.26. The van der Waals surface area contributed by atoms with Crippen molar-refractivity contribution in [3.8, 4) is 0 Å². The summed E-state index contributed by atoms with van der Waals surface area (Å²) in [5, 5.41) is 0. The van der Waals surface area contributed by atoms with E-state index in [2.05, 4.69) is 6.92 Å². The molecule has 0 aromatic rings. The van der Waals surface area contributed by atoms with Gasteiger partial charge in [0.25, 0.3) is 0 Å². The van der Waals surface area contributed by atoms with Crippen molar-refractivity contribution in [3.05, 3.63) is 0 Å². The fraction of sp³-hybridized carbons (Fsp3) is 1.00. The lowest BCUT2D eigenvalue weighted by atomic mass is 9.92. The van der Waals surface area contributed by atoms with E-state index in [9.17, 15) is 0 Å². The average molecular weight is 170 g/mol. The van der Waals surface area contributed by atoms with Crippen LogP contribution >= 0.6 is 0 Å². The molecular formula is C10H22N2. The van der Waals surface area contributed by atoms with Crippen LogP contribution in [0.2, 0.25) is 0 Å². The summed E-state index contributed by atoms with van der Waals surface area (Å²) in [6.45, 7) is 4.05. The van der Waals surface area contributed by atoms with Crippen LogP contribution in [0.15, 0.2) is 0 Å². The highest BCUT2D eigenvalue weighted by molar-refractivity contribution is 4.81. The minimum absolute atomic E-state index is 0.784. The molecule has 0 aliphatic heterocycles. The maximum atomic E-state index is 5.73. The first-order chi connectivity index (χ1) is 5.77. The van der Waals surface area contributed by atoms with Gasteiger partial charge in [-0.1, -0.05) is 6.92 Å². The first kappa shape index (κ1) is 10.0. The highest BCUT2D eigenvalue weighted by Crippen LogP contribution is 2.37. The Hall–Kier alpha value is -0.0800. The smallest absolute Gasteiger partial charge is 0.00461 e. The Bertz CT molecular complexity index is 125. The molecule has 72 valence electrons. The monoisotopic (exact) mass is 170 g/mol. The summed E-state index contributed by atoms with van der Waals surface area (Å²) >= 11 is 0. The highest BCUT2D eigenvalue weighted by atomic mass is 14.6. The molecule has 4 N–H and O–H groups in total. The van der Waals surface area contributed by atoms with Gasteiger partial charge in [0, 0.05) is 0 Å². The Morgan fingerprint density at radius 3 is 2.42 bits per heavy atom. The van der Waals surface area contributed by atoms with Gasteiger partial charge in [-0.05, 0) is 56.5 Å². The predicted octanol–water partition coefficient (Wildman–Crippen LogP) is 1.35. The Labute approximate surface area is 75.7 Å². The van der Waals surface area contributed by atoms with Crippen LogP contribution in [0.4, 0.5) is 0 Å². The number of hydrogen-bond acceptors (Lipinski definition) is 2. The van der Waals surface area contributed by atoms with Crippen LogP contribution < -0.4 is 11.5 Å². The second-order valence-corrected chi connectivity index (χ2v) is 4.26. The molecule has 0 amide bonds. The van der Waals surface area contributed by atoms with Gasteiger partial charge >= 0.3 is 0 Å². The van der Waals surface area contributed by atoms with Crippen molar-refractivity contribution < 1.29 is 0 Å². The SMILES string of the molecule is CC1CC(CN)C(CCCN)C1. The second kappa shape index (κ2) is 4.83. The van der Waals surface area contributed by atoms with Crippen LogP contribution in [-0.4, -0.2) is 13.1 Å². The van der Waals surface area contributed by atoms with Crippen molar-refractivity contribution in [2.75, 3.05) is 13.1 Å². The van der Waals surface area contributed by atoms with E-state index in [1.54, 1.807) is 0 Å². The Morgan fingerprint density at radius 1 is 1.17 bits per heavy atom. The third-order valence-electron chi connectivity index (χ3n) is 3.16. The number of nitrogens with two attached hydrogens (primary N) is 2. The molecule has 0 heterocycles. The zero-order chi connectivity index (χ0) is 8.97. The summed E-state index contributed by atoms with van der Waals surface area (Å²) in [4.78, 5) is 0. The summed E-state index contributed by atoms with van der Waals surface area (Å²) in [5.41, 5.74) is 11.2. The van der Waals surface area contributed by atoms with Gasteiger partial charge in [0.15, 0.2) is 0 Å². The molecule has 0 aromatic heterocycles. The Balaban J connectivity index is 2.30. The van der Waals surface area contributed by atoms with Crippen LogP contribution in [0.25, 0.3) is 0 Å². The highest BCUT2D eigenvalue weighted by Gasteiger charge is 2.29. The lowest BCUT2D eigenvalue weighted by molar-refractivity contribution is 0.365. The first-order valence-corrected chi connectivity index (χ1v) is 5.18. The molecule has 1 aliphatic carbocycles. The van der Waals surface area contributed by atoms with Gasteiger partial charge in [-0.2, -0.15) is 0 Å². The summed E-state index contributed by atoms with van der Waals surface area (Å²) in [6.07, 6.45) is 5.18. The molecule has 2 heteroatoms. The van der Waals surface area contributed by atoms with E-state index in [0.717, 1.165) is 30.8 Å². The van der Waals surface area contributed by atoms with Gasteiger partial charge in [-0.25, -0.2) is 0 Å². The van der Waals surface area contributed by atoms with E-state index in [1.165, 1.54) is 25.7 Å². The Morgan fingerprint density at radius 2 is 1.83 bits per heavy atom. The summed E-state index contributed by atoms with van der Waals surface area (Å²) in [7, 11) is 0. The van der Waals surface area contributed by atoms with E-state index < -0.39 is 0 Å². The standard InChI is InChI=1S/C10H22N2/c1-8-5-9(3-2-4-11)10(6-8)7-12/h8-10H,2-7,11-12H2,1H3. The molecule has 3 atom stereocenters. The van der Waals surface area contributed by atoms with Crippen LogP contribution in [0.3, 0.4) is 0 Å². The van der Waals surface area contributed by atoms with Crippen molar-refractivity contribution in [1.29, 1.82) is 0 Å². The molecule has 12 heavy (non-hydrogen) atoms. The van der Waals surface area contributed by atoms with E-state index in [4.69, 9.17) is 11.5 Å². The molecule has 0 spiro atoms. The van der Waals surface area contributed by atoms with Crippen LogP contribution in [0, 0.1) is 17.8 Å². The van der Waals surface area contributed by atoms with Gasteiger partial charge < -0.3 is 11.5 Å². The number of hydrogen-bond donors (Lipinski definition) is 2. The molecule has 1 saturated carbocycles. The fourth-order valence-electron chi connectivity index (χ4n) is 2.54. The molecule has 3 unspecified atom stereocenters. The first-order valence-electron chi connectivity index (χ1n) is 5.18. The fourth-order valence-corrected chi connectivity index (χ4v) is 2.54. The molecule has 0 radical (unpaired) electrons. The van der Waals surface area contributed by atoms with Crippen LogP contribution in [0.5, 0.6) is 0 Å².